The molecule has 3 rings (SSSR count). The van der Waals surface area contributed by atoms with Gasteiger partial charge in [-0.15, -0.1) is 0 Å². The average molecular weight is 237 g/mol. The predicted octanol–water partition coefficient (Wildman–Crippen LogP) is 0.126. The van der Waals surface area contributed by atoms with E-state index in [1.165, 1.54) is 6.33 Å². The van der Waals surface area contributed by atoms with Crippen molar-refractivity contribution in [2.75, 3.05) is 24.5 Å². The molecule has 0 saturated carbocycles. The van der Waals surface area contributed by atoms with Gasteiger partial charge in [-0.2, -0.15) is 0 Å². The van der Waals surface area contributed by atoms with Gasteiger partial charge in [0.05, 0.1) is 0 Å². The van der Waals surface area contributed by atoms with Crippen molar-refractivity contribution in [2.24, 2.45) is 13.0 Å². The monoisotopic (exact) mass is 237 g/mol. The fourth-order valence-electron chi connectivity index (χ4n) is 2.98. The second-order valence-corrected chi connectivity index (χ2v) is 4.73. The van der Waals surface area contributed by atoms with Gasteiger partial charge in [0.2, 0.25) is 12.1 Å². The SMILES string of the molecule is Cn1cnc([N+](=O)[O-])c1N1CC[C@H]2CNC[C@H]21. The number of aromatic nitrogens is 2. The van der Waals surface area contributed by atoms with Gasteiger partial charge in [-0.25, -0.2) is 0 Å². The van der Waals surface area contributed by atoms with Crippen molar-refractivity contribution in [2.45, 2.75) is 12.5 Å². The quantitative estimate of drug-likeness (QED) is 0.584. The maximum atomic E-state index is 11.0. The molecule has 7 nitrogen and oxygen atoms in total. The van der Waals surface area contributed by atoms with Gasteiger partial charge < -0.3 is 20.3 Å². The number of aryl methyl sites for hydroxylation is 1. The maximum absolute atomic E-state index is 11.0. The molecule has 7 heteroatoms. The second kappa shape index (κ2) is 3.69. The van der Waals surface area contributed by atoms with Crippen molar-refractivity contribution >= 4 is 11.6 Å². The lowest BCUT2D eigenvalue weighted by Gasteiger charge is -2.24. The van der Waals surface area contributed by atoms with Gasteiger partial charge in [0.1, 0.15) is 0 Å². The topological polar surface area (TPSA) is 76.2 Å². The van der Waals surface area contributed by atoms with Crippen LogP contribution in [0.3, 0.4) is 0 Å². The second-order valence-electron chi connectivity index (χ2n) is 4.73. The number of imidazole rings is 1. The largest absolute Gasteiger partial charge is 0.406 e. The molecule has 1 N–H and O–H groups in total. The first-order valence-corrected chi connectivity index (χ1v) is 5.81. The van der Waals surface area contributed by atoms with E-state index in [2.05, 4.69) is 15.2 Å². The summed E-state index contributed by atoms with van der Waals surface area (Å²) < 4.78 is 1.75. The minimum atomic E-state index is -0.398. The van der Waals surface area contributed by atoms with Crippen LogP contribution in [0.15, 0.2) is 6.33 Å². The summed E-state index contributed by atoms with van der Waals surface area (Å²) in [5, 5.41) is 14.3. The van der Waals surface area contributed by atoms with Gasteiger partial charge in [-0.05, 0) is 22.2 Å². The number of nitro groups is 1. The van der Waals surface area contributed by atoms with Crippen LogP contribution in [0.25, 0.3) is 0 Å². The normalized spacial score (nSPS) is 27.5. The molecule has 0 spiro atoms. The molecule has 0 amide bonds. The highest BCUT2D eigenvalue weighted by Gasteiger charge is 2.41. The van der Waals surface area contributed by atoms with Crippen molar-refractivity contribution in [1.82, 2.24) is 14.9 Å². The van der Waals surface area contributed by atoms with Gasteiger partial charge >= 0.3 is 5.82 Å². The molecule has 92 valence electrons. The molecule has 0 aliphatic carbocycles. The Bertz CT molecular complexity index is 458. The molecule has 17 heavy (non-hydrogen) atoms. The zero-order valence-electron chi connectivity index (χ0n) is 9.67. The number of fused-ring (bicyclic) bond motifs is 1. The Morgan fingerprint density at radius 2 is 2.41 bits per heavy atom. The van der Waals surface area contributed by atoms with Crippen molar-refractivity contribution < 1.29 is 4.92 Å². The van der Waals surface area contributed by atoms with Crippen LogP contribution >= 0.6 is 0 Å². The molecule has 0 aromatic carbocycles. The van der Waals surface area contributed by atoms with E-state index in [0.717, 1.165) is 26.1 Å². The summed E-state index contributed by atoms with van der Waals surface area (Å²) >= 11 is 0. The lowest BCUT2D eigenvalue weighted by molar-refractivity contribution is -0.388. The van der Waals surface area contributed by atoms with Gasteiger partial charge in [-0.1, -0.05) is 0 Å². The fourth-order valence-corrected chi connectivity index (χ4v) is 2.98. The highest BCUT2D eigenvalue weighted by atomic mass is 16.6. The van der Waals surface area contributed by atoms with Crippen LogP contribution in [-0.4, -0.2) is 40.2 Å². The van der Waals surface area contributed by atoms with Crippen LogP contribution in [-0.2, 0) is 7.05 Å². The maximum Gasteiger partial charge on any atom is 0.406 e. The number of hydrogen-bond donors (Lipinski definition) is 1. The van der Waals surface area contributed by atoms with E-state index in [9.17, 15) is 10.1 Å². The molecule has 2 fully saturated rings. The Labute approximate surface area is 98.6 Å². The van der Waals surface area contributed by atoms with E-state index in [1.54, 1.807) is 4.57 Å². The van der Waals surface area contributed by atoms with Crippen LogP contribution < -0.4 is 10.2 Å². The summed E-state index contributed by atoms with van der Waals surface area (Å²) in [4.78, 5) is 16.6. The molecule has 0 bridgehead atoms. The number of hydrogen-bond acceptors (Lipinski definition) is 5. The highest BCUT2D eigenvalue weighted by Crippen LogP contribution is 2.35. The summed E-state index contributed by atoms with van der Waals surface area (Å²) in [7, 11) is 1.81. The van der Waals surface area contributed by atoms with E-state index in [-0.39, 0.29) is 5.82 Å². The number of anilines is 1. The van der Waals surface area contributed by atoms with Crippen LogP contribution in [0.4, 0.5) is 11.6 Å². The molecule has 0 unspecified atom stereocenters. The Hall–Kier alpha value is -1.63. The van der Waals surface area contributed by atoms with Crippen molar-refractivity contribution in [3.63, 3.8) is 0 Å². The van der Waals surface area contributed by atoms with Gasteiger partial charge in [0, 0.05) is 32.7 Å². The Morgan fingerprint density at radius 3 is 3.18 bits per heavy atom. The lowest BCUT2D eigenvalue weighted by atomic mass is 10.1. The summed E-state index contributed by atoms with van der Waals surface area (Å²) in [5.41, 5.74) is 0. The molecule has 2 aliphatic rings. The summed E-state index contributed by atoms with van der Waals surface area (Å²) in [6.07, 6.45) is 2.61. The standard InChI is InChI=1S/C10H15N5O2/c1-13-6-12-9(15(16)17)10(13)14-3-2-7-4-11-5-8(7)14/h6-8,11H,2-5H2,1H3/t7-,8+/m0/s1. The minimum Gasteiger partial charge on any atom is -0.358 e. The molecular formula is C10H15N5O2. The summed E-state index contributed by atoms with van der Waals surface area (Å²) in [6, 6.07) is 0.379. The zero-order chi connectivity index (χ0) is 12.0. The Kier molecular flexibility index (Phi) is 2.29. The van der Waals surface area contributed by atoms with Crippen molar-refractivity contribution in [3.05, 3.63) is 16.4 Å². The number of nitrogens with zero attached hydrogens (tertiary/aromatic N) is 4. The molecule has 2 saturated heterocycles. The molecule has 0 radical (unpaired) electrons. The van der Waals surface area contributed by atoms with Crippen molar-refractivity contribution in [3.8, 4) is 0 Å². The van der Waals surface area contributed by atoms with Crippen molar-refractivity contribution in [1.29, 1.82) is 0 Å². The third-order valence-electron chi connectivity index (χ3n) is 3.78. The van der Waals surface area contributed by atoms with E-state index in [0.29, 0.717) is 17.8 Å². The number of nitrogens with one attached hydrogen (secondary N) is 1. The molecular weight excluding hydrogens is 222 g/mol. The van der Waals surface area contributed by atoms with Gasteiger partial charge in [0.15, 0.2) is 0 Å². The van der Waals surface area contributed by atoms with E-state index in [4.69, 9.17) is 0 Å². The Balaban J connectivity index is 1.98. The van der Waals surface area contributed by atoms with Crippen LogP contribution in [0.1, 0.15) is 6.42 Å². The predicted molar refractivity (Wildman–Crippen MR) is 62.0 cm³/mol. The van der Waals surface area contributed by atoms with Crippen LogP contribution in [0, 0.1) is 16.0 Å². The Morgan fingerprint density at radius 1 is 1.59 bits per heavy atom. The van der Waals surface area contributed by atoms with Crippen LogP contribution in [0.2, 0.25) is 0 Å². The van der Waals surface area contributed by atoms with E-state index < -0.39 is 4.92 Å². The smallest absolute Gasteiger partial charge is 0.358 e. The average Bonchev–Trinajstić information content (AvgIpc) is 2.91. The first kappa shape index (κ1) is 10.5. The zero-order valence-corrected chi connectivity index (χ0v) is 9.67. The fraction of sp³-hybridized carbons (Fsp3) is 0.700. The lowest BCUT2D eigenvalue weighted by Crippen LogP contribution is -2.35. The molecule has 2 aliphatic heterocycles. The molecule has 1 aromatic rings. The van der Waals surface area contributed by atoms with Crippen LogP contribution in [0.5, 0.6) is 0 Å². The summed E-state index contributed by atoms with van der Waals surface area (Å²) in [6.45, 7) is 2.82. The van der Waals surface area contributed by atoms with Gasteiger partial charge in [-0.3, -0.25) is 4.57 Å². The molecule has 2 atom stereocenters. The highest BCUT2D eigenvalue weighted by molar-refractivity contribution is 5.56. The number of rotatable bonds is 2. The van der Waals surface area contributed by atoms with E-state index in [1.807, 2.05) is 7.05 Å². The first-order valence-electron chi connectivity index (χ1n) is 5.81. The first-order chi connectivity index (χ1) is 8.18. The van der Waals surface area contributed by atoms with E-state index >= 15 is 0 Å². The molecule has 1 aromatic heterocycles. The van der Waals surface area contributed by atoms with Gasteiger partial charge in [0.25, 0.3) is 0 Å². The third-order valence-corrected chi connectivity index (χ3v) is 3.78. The summed E-state index contributed by atoms with van der Waals surface area (Å²) in [5.74, 6) is 1.23. The third kappa shape index (κ3) is 1.49. The minimum absolute atomic E-state index is 0.0277. The molecule has 3 heterocycles.